The first-order valence-corrected chi connectivity index (χ1v) is 6.88. The van der Waals surface area contributed by atoms with Crippen molar-refractivity contribution in [2.45, 2.75) is 39.7 Å². The van der Waals surface area contributed by atoms with Gasteiger partial charge in [-0.3, -0.25) is 0 Å². The Kier molecular flexibility index (Phi) is 5.76. The maximum absolute atomic E-state index is 13.4. The summed E-state index contributed by atoms with van der Waals surface area (Å²) in [6, 6.07) is 3.01. The van der Waals surface area contributed by atoms with Gasteiger partial charge in [0, 0.05) is 6.54 Å². The monoisotopic (exact) mass is 294 g/mol. The summed E-state index contributed by atoms with van der Waals surface area (Å²) >= 11 is 0. The van der Waals surface area contributed by atoms with Gasteiger partial charge in [0.05, 0.1) is 5.69 Å². The maximum atomic E-state index is 13.4. The molecule has 1 aromatic carbocycles. The third kappa shape index (κ3) is 6.29. The van der Waals surface area contributed by atoms with Crippen molar-refractivity contribution in [3.05, 3.63) is 35.2 Å². The molecular weight excluding hydrogens is 271 g/mol. The van der Waals surface area contributed by atoms with Gasteiger partial charge in [-0.1, -0.05) is 12.2 Å². The average molecular weight is 294 g/mol. The van der Waals surface area contributed by atoms with Crippen LogP contribution in [0.15, 0.2) is 18.2 Å². The summed E-state index contributed by atoms with van der Waals surface area (Å²) in [5, 5.41) is 2.65. The van der Waals surface area contributed by atoms with Crippen molar-refractivity contribution in [2.24, 2.45) is 0 Å². The second-order valence-corrected chi connectivity index (χ2v) is 5.85. The van der Waals surface area contributed by atoms with E-state index < -0.39 is 17.5 Å². The van der Waals surface area contributed by atoms with Gasteiger partial charge in [-0.15, -0.1) is 0 Å². The van der Waals surface area contributed by atoms with Gasteiger partial charge < -0.3 is 15.8 Å². The molecule has 0 atom stereocenters. The van der Waals surface area contributed by atoms with Crippen LogP contribution in [0.5, 0.6) is 0 Å². The van der Waals surface area contributed by atoms with Crippen LogP contribution < -0.4 is 11.1 Å². The van der Waals surface area contributed by atoms with E-state index in [2.05, 4.69) is 5.32 Å². The first-order valence-electron chi connectivity index (χ1n) is 6.88. The Bertz CT molecular complexity index is 534. The number of hydrogen-bond donors (Lipinski definition) is 2. The highest BCUT2D eigenvalue weighted by atomic mass is 19.1. The number of benzene rings is 1. The van der Waals surface area contributed by atoms with E-state index in [1.165, 1.54) is 6.07 Å². The van der Waals surface area contributed by atoms with Gasteiger partial charge in [0.25, 0.3) is 0 Å². The van der Waals surface area contributed by atoms with Crippen molar-refractivity contribution < 1.29 is 13.9 Å². The predicted molar refractivity (Wildman–Crippen MR) is 83.4 cm³/mol. The summed E-state index contributed by atoms with van der Waals surface area (Å²) < 4.78 is 18.5. The Balaban J connectivity index is 2.43. The molecule has 0 heterocycles. The van der Waals surface area contributed by atoms with E-state index in [1.807, 2.05) is 39.8 Å². The summed E-state index contributed by atoms with van der Waals surface area (Å²) in [5.74, 6) is -0.424. The minimum absolute atomic E-state index is 0.149. The molecule has 1 rings (SSSR count). The number of nitrogens with one attached hydrogen (secondary N) is 1. The lowest BCUT2D eigenvalue weighted by Crippen LogP contribution is -2.32. The molecule has 1 aromatic rings. The molecule has 1 amide bonds. The maximum Gasteiger partial charge on any atom is 0.407 e. The molecule has 21 heavy (non-hydrogen) atoms. The number of rotatable bonds is 4. The van der Waals surface area contributed by atoms with Crippen LogP contribution in [0.3, 0.4) is 0 Å². The van der Waals surface area contributed by atoms with Crippen molar-refractivity contribution in [1.29, 1.82) is 0 Å². The largest absolute Gasteiger partial charge is 0.444 e. The number of amides is 1. The van der Waals surface area contributed by atoms with Crippen molar-refractivity contribution in [3.8, 4) is 0 Å². The zero-order valence-corrected chi connectivity index (χ0v) is 13.0. The number of carbonyl (C=O) groups is 1. The van der Waals surface area contributed by atoms with Gasteiger partial charge in [-0.25, -0.2) is 9.18 Å². The second kappa shape index (κ2) is 7.11. The van der Waals surface area contributed by atoms with Crippen LogP contribution in [-0.4, -0.2) is 18.2 Å². The van der Waals surface area contributed by atoms with Crippen LogP contribution in [0.25, 0.3) is 6.08 Å². The zero-order chi connectivity index (χ0) is 16.0. The molecule has 0 spiro atoms. The third-order valence-electron chi connectivity index (χ3n) is 2.66. The lowest BCUT2D eigenvalue weighted by atomic mass is 10.1. The van der Waals surface area contributed by atoms with E-state index in [9.17, 15) is 9.18 Å². The van der Waals surface area contributed by atoms with Crippen LogP contribution >= 0.6 is 0 Å². The van der Waals surface area contributed by atoms with E-state index >= 15 is 0 Å². The Hall–Kier alpha value is -2.04. The summed E-state index contributed by atoms with van der Waals surface area (Å²) in [6.07, 6.45) is 3.87. The number of hydrogen-bond acceptors (Lipinski definition) is 3. The van der Waals surface area contributed by atoms with Crippen LogP contribution in [-0.2, 0) is 4.74 Å². The number of carbonyl (C=O) groups excluding carboxylic acids is 1. The van der Waals surface area contributed by atoms with Gasteiger partial charge in [0.2, 0.25) is 0 Å². The van der Waals surface area contributed by atoms with Gasteiger partial charge in [0.15, 0.2) is 0 Å². The van der Waals surface area contributed by atoms with E-state index in [-0.39, 0.29) is 5.69 Å². The molecule has 0 fully saturated rings. The Morgan fingerprint density at radius 1 is 1.43 bits per heavy atom. The third-order valence-corrected chi connectivity index (χ3v) is 2.66. The fraction of sp³-hybridized carbons (Fsp3) is 0.438. The first kappa shape index (κ1) is 17.0. The molecule has 0 saturated carbocycles. The summed E-state index contributed by atoms with van der Waals surface area (Å²) in [7, 11) is 0. The molecule has 0 unspecified atom stereocenters. The number of aryl methyl sites for hydroxylation is 1. The van der Waals surface area contributed by atoms with E-state index in [1.54, 1.807) is 6.07 Å². The fourth-order valence-electron chi connectivity index (χ4n) is 1.68. The molecule has 3 N–H and O–H groups in total. The van der Waals surface area contributed by atoms with Crippen molar-refractivity contribution in [3.63, 3.8) is 0 Å². The van der Waals surface area contributed by atoms with Crippen LogP contribution in [0, 0.1) is 12.7 Å². The quantitative estimate of drug-likeness (QED) is 0.658. The second-order valence-electron chi connectivity index (χ2n) is 5.85. The molecule has 0 aromatic heterocycles. The first-order chi connectivity index (χ1) is 9.69. The molecule has 0 radical (unpaired) electrons. The minimum Gasteiger partial charge on any atom is -0.444 e. The Morgan fingerprint density at radius 2 is 2.10 bits per heavy atom. The van der Waals surface area contributed by atoms with Crippen LogP contribution in [0.4, 0.5) is 14.9 Å². The van der Waals surface area contributed by atoms with E-state index in [0.717, 1.165) is 11.1 Å². The molecule has 0 aliphatic rings. The van der Waals surface area contributed by atoms with Gasteiger partial charge in [0.1, 0.15) is 11.4 Å². The number of nitrogens with two attached hydrogens (primary N) is 1. The molecule has 5 heteroatoms. The topological polar surface area (TPSA) is 64.3 Å². The van der Waals surface area contributed by atoms with Crippen molar-refractivity contribution >= 4 is 17.9 Å². The van der Waals surface area contributed by atoms with Crippen molar-refractivity contribution in [2.75, 3.05) is 12.3 Å². The molecule has 116 valence electrons. The smallest absolute Gasteiger partial charge is 0.407 e. The number of halogens is 1. The van der Waals surface area contributed by atoms with E-state index in [4.69, 9.17) is 10.5 Å². The highest BCUT2D eigenvalue weighted by Crippen LogP contribution is 2.18. The lowest BCUT2D eigenvalue weighted by Gasteiger charge is -2.19. The van der Waals surface area contributed by atoms with E-state index in [0.29, 0.717) is 13.0 Å². The number of anilines is 1. The van der Waals surface area contributed by atoms with Crippen LogP contribution in [0.2, 0.25) is 0 Å². The minimum atomic E-state index is -0.501. The summed E-state index contributed by atoms with van der Waals surface area (Å²) in [4.78, 5) is 11.4. The Morgan fingerprint density at radius 3 is 2.71 bits per heavy atom. The normalized spacial score (nSPS) is 11.7. The van der Waals surface area contributed by atoms with Crippen LogP contribution in [0.1, 0.15) is 38.3 Å². The zero-order valence-electron chi connectivity index (χ0n) is 13.0. The average Bonchev–Trinajstić information content (AvgIpc) is 2.32. The molecule has 0 bridgehead atoms. The van der Waals surface area contributed by atoms with Gasteiger partial charge >= 0.3 is 6.09 Å². The highest BCUT2D eigenvalue weighted by molar-refractivity contribution is 5.67. The number of alkyl carbamates (subject to hydrolysis) is 1. The molecule has 0 aliphatic heterocycles. The highest BCUT2D eigenvalue weighted by Gasteiger charge is 2.15. The summed E-state index contributed by atoms with van der Waals surface area (Å²) in [5.41, 5.74) is 6.82. The number of nitrogen functional groups attached to an aromatic ring is 1. The Labute approximate surface area is 125 Å². The fourth-order valence-corrected chi connectivity index (χ4v) is 1.68. The molecule has 0 saturated heterocycles. The number of ether oxygens (including phenoxy) is 1. The van der Waals surface area contributed by atoms with Gasteiger partial charge in [-0.05, 0) is 57.4 Å². The SMILES string of the molecule is Cc1cc(N)c(F)cc1C=CCCNC(=O)OC(C)(C)C. The predicted octanol–water partition coefficient (Wildman–Crippen LogP) is 3.64. The standard InChI is InChI=1S/C16H23FN2O2/c1-11-9-14(18)13(17)10-12(11)7-5-6-8-19-15(20)21-16(2,3)4/h5,7,9-10H,6,8,18H2,1-4H3,(H,19,20). The summed E-state index contributed by atoms with van der Waals surface area (Å²) in [6.45, 7) is 7.76. The van der Waals surface area contributed by atoms with Crippen molar-refractivity contribution in [1.82, 2.24) is 5.32 Å². The van der Waals surface area contributed by atoms with Gasteiger partial charge in [-0.2, -0.15) is 0 Å². The molecule has 0 aliphatic carbocycles. The lowest BCUT2D eigenvalue weighted by molar-refractivity contribution is 0.0529. The molecule has 4 nitrogen and oxygen atoms in total. The molecular formula is C16H23FN2O2.